The Balaban J connectivity index is 0.00000225. The Morgan fingerprint density at radius 3 is 2.84 bits per heavy atom. The number of aryl methyl sites for hydroxylation is 2. The number of hydrogen-bond donors (Lipinski definition) is 1. The number of ether oxygens (including phenoxy) is 2. The number of benzene rings is 1. The first-order valence-corrected chi connectivity index (χ1v) is 8.15. The van der Waals surface area contributed by atoms with Crippen molar-refractivity contribution in [2.45, 2.75) is 18.9 Å². The minimum atomic E-state index is 0. The Bertz CT molecular complexity index is 680. The summed E-state index contributed by atoms with van der Waals surface area (Å²) in [7, 11) is 5.41. The standard InChI is InChI=1S/C17H24N4O3.ClH/c1-21-9-8-18-11-14(21)17-19-16(24-20-17)7-4-12-10-13(22-2)5-6-15(12)23-3;/h5-6,10,14,18H,4,7-9,11H2,1-3H3;1H. The van der Waals surface area contributed by atoms with Crippen molar-refractivity contribution >= 4 is 12.4 Å². The van der Waals surface area contributed by atoms with Crippen molar-refractivity contribution in [3.8, 4) is 11.5 Å². The van der Waals surface area contributed by atoms with Crippen LogP contribution in [0.1, 0.15) is 23.3 Å². The zero-order chi connectivity index (χ0) is 16.9. The summed E-state index contributed by atoms with van der Waals surface area (Å²) in [6, 6.07) is 5.95. The van der Waals surface area contributed by atoms with Crippen LogP contribution >= 0.6 is 12.4 Å². The lowest BCUT2D eigenvalue weighted by Crippen LogP contribution is -2.44. The highest BCUT2D eigenvalue weighted by atomic mass is 35.5. The van der Waals surface area contributed by atoms with Crippen LogP contribution in [0.2, 0.25) is 0 Å². The molecule has 0 radical (unpaired) electrons. The van der Waals surface area contributed by atoms with E-state index in [9.17, 15) is 0 Å². The molecule has 0 aliphatic carbocycles. The van der Waals surface area contributed by atoms with E-state index < -0.39 is 0 Å². The molecule has 0 bridgehead atoms. The molecule has 1 saturated heterocycles. The molecule has 8 heteroatoms. The number of hydrogen-bond acceptors (Lipinski definition) is 7. The van der Waals surface area contributed by atoms with Gasteiger partial charge in [-0.15, -0.1) is 12.4 Å². The van der Waals surface area contributed by atoms with Gasteiger partial charge in [0.25, 0.3) is 0 Å². The second-order valence-corrected chi connectivity index (χ2v) is 5.92. The molecule has 2 aromatic rings. The average Bonchev–Trinajstić information content (AvgIpc) is 3.08. The Kier molecular flexibility index (Phi) is 7.04. The molecule has 2 heterocycles. The number of nitrogens with zero attached hydrogens (tertiary/aromatic N) is 3. The predicted octanol–water partition coefficient (Wildman–Crippen LogP) is 1.87. The Morgan fingerprint density at radius 2 is 2.12 bits per heavy atom. The Labute approximate surface area is 154 Å². The minimum absolute atomic E-state index is 0. The zero-order valence-corrected chi connectivity index (χ0v) is 15.6. The monoisotopic (exact) mass is 368 g/mol. The summed E-state index contributed by atoms with van der Waals surface area (Å²) in [5, 5.41) is 7.52. The van der Waals surface area contributed by atoms with Crippen LogP contribution in [0.5, 0.6) is 11.5 Å². The van der Waals surface area contributed by atoms with Crippen LogP contribution in [-0.2, 0) is 12.8 Å². The summed E-state index contributed by atoms with van der Waals surface area (Å²) in [5.74, 6) is 3.05. The molecule has 0 spiro atoms. The van der Waals surface area contributed by atoms with Gasteiger partial charge in [0.2, 0.25) is 5.89 Å². The van der Waals surface area contributed by atoms with Gasteiger partial charge in [-0.3, -0.25) is 4.90 Å². The summed E-state index contributed by atoms with van der Waals surface area (Å²) < 4.78 is 16.1. The number of piperazine rings is 1. The minimum Gasteiger partial charge on any atom is -0.497 e. The van der Waals surface area contributed by atoms with Crippen molar-refractivity contribution in [1.82, 2.24) is 20.4 Å². The quantitative estimate of drug-likeness (QED) is 0.834. The number of halogens is 1. The molecular weight excluding hydrogens is 344 g/mol. The maximum Gasteiger partial charge on any atom is 0.227 e. The third kappa shape index (κ3) is 4.62. The first-order chi connectivity index (χ1) is 11.7. The van der Waals surface area contributed by atoms with E-state index in [4.69, 9.17) is 14.0 Å². The van der Waals surface area contributed by atoms with E-state index in [1.165, 1.54) is 0 Å². The lowest BCUT2D eigenvalue weighted by atomic mass is 10.1. The molecule has 1 unspecified atom stereocenters. The van der Waals surface area contributed by atoms with Crippen LogP contribution in [0.25, 0.3) is 0 Å². The fourth-order valence-electron chi connectivity index (χ4n) is 2.92. The molecular formula is C17H25ClN4O3. The summed E-state index contributed by atoms with van der Waals surface area (Å²) >= 11 is 0. The normalized spacial score (nSPS) is 17.8. The number of nitrogens with one attached hydrogen (secondary N) is 1. The number of likely N-dealkylation sites (N-methyl/N-ethyl adjacent to an activating group) is 1. The fraction of sp³-hybridized carbons (Fsp3) is 0.529. The van der Waals surface area contributed by atoms with E-state index in [0.717, 1.165) is 48.9 Å². The van der Waals surface area contributed by atoms with Crippen molar-refractivity contribution in [2.75, 3.05) is 40.9 Å². The Hall–Kier alpha value is -1.83. The molecule has 25 heavy (non-hydrogen) atoms. The molecule has 138 valence electrons. The molecule has 7 nitrogen and oxygen atoms in total. The molecule has 0 amide bonds. The van der Waals surface area contributed by atoms with Crippen LogP contribution < -0.4 is 14.8 Å². The first kappa shape index (κ1) is 19.5. The summed E-state index contributed by atoms with van der Waals surface area (Å²) in [6.07, 6.45) is 1.42. The second-order valence-electron chi connectivity index (χ2n) is 5.92. The molecule has 1 aliphatic rings. The van der Waals surface area contributed by atoms with Crippen molar-refractivity contribution in [2.24, 2.45) is 0 Å². The Morgan fingerprint density at radius 1 is 1.28 bits per heavy atom. The molecule has 1 aliphatic heterocycles. The van der Waals surface area contributed by atoms with E-state index >= 15 is 0 Å². The molecule has 3 rings (SSSR count). The van der Waals surface area contributed by atoms with Crippen molar-refractivity contribution in [1.29, 1.82) is 0 Å². The van der Waals surface area contributed by atoms with Gasteiger partial charge < -0.3 is 19.3 Å². The van der Waals surface area contributed by atoms with Crippen molar-refractivity contribution in [3.63, 3.8) is 0 Å². The number of methoxy groups -OCH3 is 2. The van der Waals surface area contributed by atoms with Crippen molar-refractivity contribution < 1.29 is 14.0 Å². The topological polar surface area (TPSA) is 72.7 Å². The predicted molar refractivity (Wildman–Crippen MR) is 96.7 cm³/mol. The summed E-state index contributed by atoms with van der Waals surface area (Å²) in [5.41, 5.74) is 1.06. The van der Waals surface area contributed by atoms with E-state index in [2.05, 4.69) is 27.4 Å². The van der Waals surface area contributed by atoms with Crippen LogP contribution in [0.4, 0.5) is 0 Å². The lowest BCUT2D eigenvalue weighted by Gasteiger charge is -2.30. The average molecular weight is 369 g/mol. The maximum absolute atomic E-state index is 5.43. The van der Waals surface area contributed by atoms with E-state index in [1.54, 1.807) is 14.2 Å². The number of aromatic nitrogens is 2. The second kappa shape index (κ2) is 9.03. The number of rotatable bonds is 6. The third-order valence-electron chi connectivity index (χ3n) is 4.39. The first-order valence-electron chi connectivity index (χ1n) is 8.15. The van der Waals surface area contributed by atoms with Gasteiger partial charge >= 0.3 is 0 Å². The van der Waals surface area contributed by atoms with Crippen molar-refractivity contribution in [3.05, 3.63) is 35.5 Å². The molecule has 1 N–H and O–H groups in total. The van der Waals surface area contributed by atoms with Gasteiger partial charge in [0.05, 0.1) is 20.3 Å². The van der Waals surface area contributed by atoms with Gasteiger partial charge in [0.1, 0.15) is 11.5 Å². The highest BCUT2D eigenvalue weighted by Gasteiger charge is 2.25. The molecule has 1 aromatic carbocycles. The smallest absolute Gasteiger partial charge is 0.227 e. The van der Waals surface area contributed by atoms with Gasteiger partial charge in [0.15, 0.2) is 5.82 Å². The fourth-order valence-corrected chi connectivity index (χ4v) is 2.92. The molecule has 1 fully saturated rings. The van der Waals surface area contributed by atoms with Crippen LogP contribution in [0.3, 0.4) is 0 Å². The summed E-state index contributed by atoms with van der Waals surface area (Å²) in [6.45, 7) is 2.82. The van der Waals surface area contributed by atoms with Gasteiger partial charge in [-0.25, -0.2) is 0 Å². The van der Waals surface area contributed by atoms with Gasteiger partial charge in [-0.05, 0) is 37.2 Å². The van der Waals surface area contributed by atoms with Crippen LogP contribution in [0, 0.1) is 0 Å². The zero-order valence-electron chi connectivity index (χ0n) is 14.8. The highest BCUT2D eigenvalue weighted by Crippen LogP contribution is 2.25. The molecule has 1 aromatic heterocycles. The molecule has 0 saturated carbocycles. The van der Waals surface area contributed by atoms with Crippen LogP contribution in [-0.4, -0.2) is 55.9 Å². The van der Waals surface area contributed by atoms with Crippen LogP contribution in [0.15, 0.2) is 22.7 Å². The third-order valence-corrected chi connectivity index (χ3v) is 4.39. The lowest BCUT2D eigenvalue weighted by molar-refractivity contribution is 0.190. The maximum atomic E-state index is 5.43. The SMILES string of the molecule is COc1ccc(OC)c(CCc2nc(C3CNCCN3C)no2)c1.Cl. The largest absolute Gasteiger partial charge is 0.497 e. The van der Waals surface area contributed by atoms with E-state index in [1.807, 2.05) is 18.2 Å². The highest BCUT2D eigenvalue weighted by molar-refractivity contribution is 5.85. The van der Waals surface area contributed by atoms with Gasteiger partial charge in [-0.2, -0.15) is 4.98 Å². The van der Waals surface area contributed by atoms with Gasteiger partial charge in [-0.1, -0.05) is 5.16 Å². The van der Waals surface area contributed by atoms with E-state index in [0.29, 0.717) is 12.3 Å². The van der Waals surface area contributed by atoms with E-state index in [-0.39, 0.29) is 18.4 Å². The summed E-state index contributed by atoms with van der Waals surface area (Å²) in [4.78, 5) is 6.81. The molecule has 1 atom stereocenters. The van der Waals surface area contributed by atoms with Gasteiger partial charge in [0, 0.05) is 26.1 Å².